The summed E-state index contributed by atoms with van der Waals surface area (Å²) in [5, 5.41) is 8.99. The molecule has 1 aromatic carbocycles. The number of hydrogen-bond donors (Lipinski definition) is 0. The van der Waals surface area contributed by atoms with E-state index in [0.29, 0.717) is 13.1 Å². The largest absolute Gasteiger partial charge is 0.340 e. The van der Waals surface area contributed by atoms with Gasteiger partial charge in [-0.05, 0) is 18.1 Å². The maximum absolute atomic E-state index is 12.5. The fourth-order valence-electron chi connectivity index (χ4n) is 2.81. The number of hydrogen-bond acceptors (Lipinski definition) is 6. The number of carbonyl (C=O) groups is 1. The average Bonchev–Trinajstić information content (AvgIpc) is 3.00. The number of sulfone groups is 1. The summed E-state index contributed by atoms with van der Waals surface area (Å²) in [7, 11) is -1.07. The standard InChI is InChI=1S/C17H22N4O3S2/c1-13(25-17-19-18-12-20(17)2)15-5-3-4-14(10-15)11-16(22)21-6-8-26(23,24)9-7-21/h3-5,10,12-13H,6-9,11H2,1-2H3/t13-/m0/s1. The van der Waals surface area contributed by atoms with E-state index in [0.717, 1.165) is 16.3 Å². The Morgan fingerprint density at radius 2 is 2.04 bits per heavy atom. The van der Waals surface area contributed by atoms with Crippen molar-refractivity contribution in [1.82, 2.24) is 19.7 Å². The number of nitrogens with zero attached hydrogens (tertiary/aromatic N) is 4. The first-order valence-corrected chi connectivity index (χ1v) is 11.1. The molecule has 140 valence electrons. The van der Waals surface area contributed by atoms with E-state index in [1.54, 1.807) is 23.0 Å². The number of thioether (sulfide) groups is 1. The predicted octanol–water partition coefficient (Wildman–Crippen LogP) is 1.47. The SMILES string of the molecule is C[C@H](Sc1nncn1C)c1cccc(CC(=O)N2CCS(=O)(=O)CC2)c1. The Balaban J connectivity index is 1.63. The summed E-state index contributed by atoms with van der Waals surface area (Å²) in [6.07, 6.45) is 1.96. The quantitative estimate of drug-likeness (QED) is 0.714. The topological polar surface area (TPSA) is 85.2 Å². The smallest absolute Gasteiger partial charge is 0.227 e. The third-order valence-corrected chi connectivity index (χ3v) is 7.24. The molecule has 0 aliphatic carbocycles. The first-order chi connectivity index (χ1) is 12.3. The Morgan fingerprint density at radius 3 is 2.69 bits per heavy atom. The minimum absolute atomic E-state index is 0.0225. The fraction of sp³-hybridized carbons (Fsp3) is 0.471. The van der Waals surface area contributed by atoms with Crippen LogP contribution in [0, 0.1) is 0 Å². The van der Waals surface area contributed by atoms with Gasteiger partial charge >= 0.3 is 0 Å². The zero-order chi connectivity index (χ0) is 18.7. The first-order valence-electron chi connectivity index (χ1n) is 8.42. The van der Waals surface area contributed by atoms with E-state index in [2.05, 4.69) is 17.1 Å². The van der Waals surface area contributed by atoms with Crippen LogP contribution in [0.25, 0.3) is 0 Å². The van der Waals surface area contributed by atoms with Crippen LogP contribution in [0.5, 0.6) is 0 Å². The van der Waals surface area contributed by atoms with Crippen molar-refractivity contribution >= 4 is 27.5 Å². The molecule has 9 heteroatoms. The first kappa shape index (κ1) is 18.9. The third-order valence-electron chi connectivity index (χ3n) is 4.42. The highest BCUT2D eigenvalue weighted by atomic mass is 32.2. The molecule has 0 unspecified atom stereocenters. The molecule has 2 aromatic rings. The van der Waals surface area contributed by atoms with Crippen LogP contribution in [-0.2, 0) is 28.1 Å². The zero-order valence-electron chi connectivity index (χ0n) is 14.8. The number of rotatable bonds is 5. The van der Waals surface area contributed by atoms with Crippen molar-refractivity contribution < 1.29 is 13.2 Å². The van der Waals surface area contributed by atoms with Crippen LogP contribution in [0.2, 0.25) is 0 Å². The molecule has 1 aliphatic rings. The second-order valence-corrected chi connectivity index (χ2v) is 10.1. The van der Waals surface area contributed by atoms with Gasteiger partial charge in [0.15, 0.2) is 15.0 Å². The zero-order valence-corrected chi connectivity index (χ0v) is 16.5. The van der Waals surface area contributed by atoms with Gasteiger partial charge in [0, 0.05) is 25.4 Å². The van der Waals surface area contributed by atoms with Crippen molar-refractivity contribution in [3.63, 3.8) is 0 Å². The maximum atomic E-state index is 12.5. The van der Waals surface area contributed by atoms with Crippen molar-refractivity contribution in [2.45, 2.75) is 23.8 Å². The summed E-state index contributed by atoms with van der Waals surface area (Å²) in [6, 6.07) is 7.95. The van der Waals surface area contributed by atoms with Crippen LogP contribution in [0.15, 0.2) is 35.7 Å². The molecule has 0 radical (unpaired) electrons. The lowest BCUT2D eigenvalue weighted by Gasteiger charge is -2.26. The minimum Gasteiger partial charge on any atom is -0.340 e. The second kappa shape index (κ2) is 7.79. The van der Waals surface area contributed by atoms with Gasteiger partial charge in [0.1, 0.15) is 6.33 Å². The van der Waals surface area contributed by atoms with E-state index in [4.69, 9.17) is 0 Å². The second-order valence-electron chi connectivity index (χ2n) is 6.44. The van der Waals surface area contributed by atoms with Crippen LogP contribution in [0.3, 0.4) is 0 Å². The van der Waals surface area contributed by atoms with Crippen LogP contribution in [-0.4, -0.2) is 58.6 Å². The van der Waals surface area contributed by atoms with Gasteiger partial charge < -0.3 is 9.47 Å². The molecule has 1 amide bonds. The average molecular weight is 395 g/mol. The lowest BCUT2D eigenvalue weighted by molar-refractivity contribution is -0.130. The lowest BCUT2D eigenvalue weighted by atomic mass is 10.1. The molecule has 3 rings (SSSR count). The van der Waals surface area contributed by atoms with Crippen LogP contribution in [0.4, 0.5) is 0 Å². The van der Waals surface area contributed by atoms with Crippen LogP contribution < -0.4 is 0 Å². The van der Waals surface area contributed by atoms with Gasteiger partial charge in [-0.3, -0.25) is 4.79 Å². The summed E-state index contributed by atoms with van der Waals surface area (Å²) in [6.45, 7) is 2.67. The van der Waals surface area contributed by atoms with Crippen LogP contribution >= 0.6 is 11.8 Å². The third kappa shape index (κ3) is 4.64. The molecule has 1 aliphatic heterocycles. The Kier molecular flexibility index (Phi) is 5.67. The summed E-state index contributed by atoms with van der Waals surface area (Å²) in [5.41, 5.74) is 2.05. The molecule has 2 heterocycles. The minimum atomic E-state index is -2.98. The molecule has 0 bridgehead atoms. The molecule has 26 heavy (non-hydrogen) atoms. The number of carbonyl (C=O) groups excluding carboxylic acids is 1. The molecule has 1 saturated heterocycles. The Bertz CT molecular complexity index is 881. The summed E-state index contributed by atoms with van der Waals surface area (Å²) in [5.74, 6) is 0.0968. The van der Waals surface area contributed by atoms with E-state index in [1.165, 1.54) is 0 Å². The predicted molar refractivity (Wildman–Crippen MR) is 101 cm³/mol. The summed E-state index contributed by atoms with van der Waals surface area (Å²) in [4.78, 5) is 14.1. The van der Waals surface area contributed by atoms with Crippen LogP contribution in [0.1, 0.15) is 23.3 Å². The lowest BCUT2D eigenvalue weighted by Crippen LogP contribution is -2.44. The van der Waals surface area contributed by atoms with Gasteiger partial charge in [-0.1, -0.05) is 36.0 Å². The van der Waals surface area contributed by atoms with Gasteiger partial charge in [-0.2, -0.15) is 0 Å². The van der Waals surface area contributed by atoms with Gasteiger partial charge in [0.25, 0.3) is 0 Å². The number of benzene rings is 1. The van der Waals surface area contributed by atoms with E-state index >= 15 is 0 Å². The maximum Gasteiger partial charge on any atom is 0.227 e. The molecule has 1 aromatic heterocycles. The van der Waals surface area contributed by atoms with E-state index in [1.807, 2.05) is 35.9 Å². The monoisotopic (exact) mass is 394 g/mol. The van der Waals surface area contributed by atoms with E-state index in [9.17, 15) is 13.2 Å². The molecular formula is C17H22N4O3S2. The van der Waals surface area contributed by atoms with E-state index < -0.39 is 9.84 Å². The van der Waals surface area contributed by atoms with Crippen molar-refractivity contribution in [3.05, 3.63) is 41.7 Å². The highest BCUT2D eigenvalue weighted by Gasteiger charge is 2.25. The van der Waals surface area contributed by atoms with Gasteiger partial charge in [-0.25, -0.2) is 8.42 Å². The summed E-state index contributed by atoms with van der Waals surface area (Å²) < 4.78 is 24.9. The Labute approximate surface area is 157 Å². The van der Waals surface area contributed by atoms with Gasteiger partial charge in [0.05, 0.1) is 17.9 Å². The van der Waals surface area contributed by atoms with Gasteiger partial charge in [0.2, 0.25) is 5.91 Å². The van der Waals surface area contributed by atoms with E-state index in [-0.39, 0.29) is 29.1 Å². The van der Waals surface area contributed by atoms with Crippen molar-refractivity contribution in [3.8, 4) is 0 Å². The molecular weight excluding hydrogens is 372 g/mol. The Morgan fingerprint density at radius 1 is 1.31 bits per heavy atom. The normalized spacial score (nSPS) is 17.8. The number of aryl methyl sites for hydroxylation is 1. The molecule has 0 N–H and O–H groups in total. The molecule has 0 spiro atoms. The summed E-state index contributed by atoms with van der Waals surface area (Å²) >= 11 is 1.61. The highest BCUT2D eigenvalue weighted by molar-refractivity contribution is 7.99. The van der Waals surface area contributed by atoms with Gasteiger partial charge in [-0.15, -0.1) is 10.2 Å². The number of amides is 1. The number of aromatic nitrogens is 3. The highest BCUT2D eigenvalue weighted by Crippen LogP contribution is 2.33. The van der Waals surface area contributed by atoms with Crippen molar-refractivity contribution in [2.24, 2.45) is 7.05 Å². The molecule has 1 fully saturated rings. The molecule has 7 nitrogen and oxygen atoms in total. The fourth-order valence-corrected chi connectivity index (χ4v) is 4.92. The van der Waals surface area contributed by atoms with Crippen molar-refractivity contribution in [1.29, 1.82) is 0 Å². The Hall–Kier alpha value is -1.87. The molecule has 1 atom stereocenters. The van der Waals surface area contributed by atoms with Crippen molar-refractivity contribution in [2.75, 3.05) is 24.6 Å². The molecule has 0 saturated carbocycles.